The summed E-state index contributed by atoms with van der Waals surface area (Å²) in [4.78, 5) is 17.5. The Morgan fingerprint density at radius 2 is 1.85 bits per heavy atom. The van der Waals surface area contributed by atoms with Gasteiger partial charge in [-0.2, -0.15) is 0 Å². The Morgan fingerprint density at radius 3 is 2.67 bits per heavy atom. The summed E-state index contributed by atoms with van der Waals surface area (Å²) in [5, 5.41) is 4.54. The van der Waals surface area contributed by atoms with Crippen LogP contribution in [0.2, 0.25) is 0 Å². The van der Waals surface area contributed by atoms with Crippen molar-refractivity contribution >= 4 is 28.2 Å². The standard InChI is InChI=1S/C30H29F2N5O2/c31-21-6-3-18(4-7-21)16-37-25-15-22(32)8-5-19(25)13-26(37)29-34-24-12-20(14-27-28(24)36(29)10-11-39-27)30(38)35-9-1-2-23(33)17-35/h3-8,12-15,23,29,34H,1-2,9-11,16-17,33H2/t23?,29-/m1/s1. The molecule has 0 radical (unpaired) electrons. The molecule has 7 nitrogen and oxygen atoms in total. The molecule has 0 spiro atoms. The van der Waals surface area contributed by atoms with Gasteiger partial charge >= 0.3 is 0 Å². The lowest BCUT2D eigenvalue weighted by atomic mass is 10.0. The van der Waals surface area contributed by atoms with Crippen LogP contribution in [0.1, 0.15) is 40.6 Å². The van der Waals surface area contributed by atoms with Crippen molar-refractivity contribution < 1.29 is 18.3 Å². The topological polar surface area (TPSA) is 75.8 Å². The molecule has 39 heavy (non-hydrogen) atoms. The molecule has 0 aliphatic carbocycles. The minimum absolute atomic E-state index is 0.00223. The van der Waals surface area contributed by atoms with Gasteiger partial charge in [-0.05, 0) is 66.9 Å². The number of likely N-dealkylation sites (tertiary alicyclic amines) is 1. The summed E-state index contributed by atoms with van der Waals surface area (Å²) < 4.78 is 36.1. The van der Waals surface area contributed by atoms with E-state index in [0.29, 0.717) is 44.1 Å². The number of halogens is 2. The number of aromatic nitrogens is 1. The van der Waals surface area contributed by atoms with Crippen LogP contribution in [0.3, 0.4) is 0 Å². The summed E-state index contributed by atoms with van der Waals surface area (Å²) in [5.74, 6) is 0.0131. The van der Waals surface area contributed by atoms with Crippen molar-refractivity contribution in [2.75, 3.05) is 36.5 Å². The van der Waals surface area contributed by atoms with Gasteiger partial charge in [-0.3, -0.25) is 4.79 Å². The van der Waals surface area contributed by atoms with Crippen molar-refractivity contribution in [3.8, 4) is 5.75 Å². The van der Waals surface area contributed by atoms with E-state index in [1.165, 1.54) is 24.3 Å². The van der Waals surface area contributed by atoms with Crippen molar-refractivity contribution in [2.45, 2.75) is 31.6 Å². The number of rotatable bonds is 4. The van der Waals surface area contributed by atoms with E-state index in [0.717, 1.165) is 46.4 Å². The predicted molar refractivity (Wildman–Crippen MR) is 146 cm³/mol. The summed E-state index contributed by atoms with van der Waals surface area (Å²) in [6.45, 7) is 2.83. The van der Waals surface area contributed by atoms with Gasteiger partial charge in [0.2, 0.25) is 0 Å². The Balaban J connectivity index is 1.28. The number of fused-ring (bicyclic) bond motifs is 1. The number of anilines is 2. The van der Waals surface area contributed by atoms with Crippen molar-refractivity contribution in [1.82, 2.24) is 9.47 Å². The molecule has 4 aromatic rings. The molecular weight excluding hydrogens is 500 g/mol. The number of carbonyl (C=O) groups is 1. The van der Waals surface area contributed by atoms with Crippen LogP contribution in [0.15, 0.2) is 60.7 Å². The van der Waals surface area contributed by atoms with Crippen molar-refractivity contribution in [3.05, 3.63) is 89.1 Å². The summed E-state index contributed by atoms with van der Waals surface area (Å²) in [5.41, 5.74) is 11.1. The number of hydrogen-bond donors (Lipinski definition) is 2. The normalized spacial score (nSPS) is 20.1. The smallest absolute Gasteiger partial charge is 0.254 e. The predicted octanol–water partition coefficient (Wildman–Crippen LogP) is 4.85. The van der Waals surface area contributed by atoms with E-state index in [2.05, 4.69) is 20.9 Å². The minimum Gasteiger partial charge on any atom is -0.489 e. The fraction of sp³-hybridized carbons (Fsp3) is 0.300. The van der Waals surface area contributed by atoms with Gasteiger partial charge in [0.15, 0.2) is 0 Å². The van der Waals surface area contributed by atoms with Gasteiger partial charge in [0.1, 0.15) is 35.8 Å². The average Bonchev–Trinajstić information content (AvgIpc) is 3.48. The maximum atomic E-state index is 14.4. The van der Waals surface area contributed by atoms with Gasteiger partial charge in [-0.25, -0.2) is 8.78 Å². The number of benzene rings is 3. The van der Waals surface area contributed by atoms with Crippen LogP contribution in [0.25, 0.3) is 10.9 Å². The molecule has 1 aromatic heterocycles. The summed E-state index contributed by atoms with van der Waals surface area (Å²) in [6, 6.07) is 16.9. The third-order valence-corrected chi connectivity index (χ3v) is 7.98. The molecule has 0 bridgehead atoms. The molecule has 1 unspecified atom stereocenters. The second kappa shape index (κ2) is 9.27. The van der Waals surface area contributed by atoms with Gasteiger partial charge in [-0.15, -0.1) is 0 Å². The zero-order valence-electron chi connectivity index (χ0n) is 21.4. The molecule has 200 valence electrons. The highest BCUT2D eigenvalue weighted by atomic mass is 19.1. The zero-order valence-corrected chi connectivity index (χ0v) is 21.4. The van der Waals surface area contributed by atoms with E-state index in [9.17, 15) is 13.6 Å². The molecule has 3 aromatic carbocycles. The van der Waals surface area contributed by atoms with Crippen molar-refractivity contribution in [1.29, 1.82) is 0 Å². The molecule has 0 saturated carbocycles. The quantitative estimate of drug-likeness (QED) is 0.395. The molecule has 1 amide bonds. The van der Waals surface area contributed by atoms with Crippen LogP contribution in [0.4, 0.5) is 20.2 Å². The number of ether oxygens (including phenoxy) is 1. The first-order valence-electron chi connectivity index (χ1n) is 13.4. The van der Waals surface area contributed by atoms with Gasteiger partial charge in [0.25, 0.3) is 5.91 Å². The number of hydrogen-bond acceptors (Lipinski definition) is 5. The Bertz CT molecular complexity index is 1580. The zero-order chi connectivity index (χ0) is 26.7. The van der Waals surface area contributed by atoms with Crippen LogP contribution >= 0.6 is 0 Å². The van der Waals surface area contributed by atoms with Crippen molar-refractivity contribution in [2.24, 2.45) is 5.73 Å². The molecule has 1 fully saturated rings. The minimum atomic E-state index is -0.315. The van der Waals surface area contributed by atoms with E-state index in [-0.39, 0.29) is 29.7 Å². The lowest BCUT2D eigenvalue weighted by Gasteiger charge is -2.33. The molecule has 2 atom stereocenters. The van der Waals surface area contributed by atoms with Crippen LogP contribution in [0, 0.1) is 11.6 Å². The highest BCUT2D eigenvalue weighted by Crippen LogP contribution is 2.50. The number of nitrogens with zero attached hydrogens (tertiary/aromatic N) is 3. The van der Waals surface area contributed by atoms with E-state index >= 15 is 0 Å². The first-order chi connectivity index (χ1) is 18.9. The lowest BCUT2D eigenvalue weighted by molar-refractivity contribution is 0.0708. The van der Waals surface area contributed by atoms with E-state index < -0.39 is 0 Å². The highest BCUT2D eigenvalue weighted by Gasteiger charge is 2.38. The fourth-order valence-electron chi connectivity index (χ4n) is 6.13. The van der Waals surface area contributed by atoms with Gasteiger partial charge in [0.05, 0.1) is 23.4 Å². The summed E-state index contributed by atoms with van der Waals surface area (Å²) in [7, 11) is 0. The Morgan fingerprint density at radius 1 is 1.03 bits per heavy atom. The van der Waals surface area contributed by atoms with Crippen molar-refractivity contribution in [3.63, 3.8) is 0 Å². The fourth-order valence-corrected chi connectivity index (χ4v) is 6.13. The number of carbonyl (C=O) groups excluding carboxylic acids is 1. The number of nitrogens with two attached hydrogens (primary N) is 1. The number of amides is 1. The molecule has 4 heterocycles. The van der Waals surface area contributed by atoms with Crippen LogP contribution in [0.5, 0.6) is 5.75 Å². The summed E-state index contributed by atoms with van der Waals surface area (Å²) >= 11 is 0. The van der Waals surface area contributed by atoms with E-state index in [4.69, 9.17) is 10.5 Å². The molecule has 3 N–H and O–H groups in total. The van der Waals surface area contributed by atoms with Gasteiger partial charge < -0.3 is 30.2 Å². The second-order valence-corrected chi connectivity index (χ2v) is 10.6. The van der Waals surface area contributed by atoms with Gasteiger partial charge in [-0.1, -0.05) is 12.1 Å². The Kier molecular flexibility index (Phi) is 5.70. The molecule has 3 aliphatic rings. The third kappa shape index (κ3) is 4.17. The number of nitrogens with one attached hydrogen (secondary N) is 1. The largest absolute Gasteiger partial charge is 0.489 e. The second-order valence-electron chi connectivity index (χ2n) is 10.6. The molecule has 9 heteroatoms. The average molecular weight is 530 g/mol. The Hall–Kier alpha value is -4.11. The Labute approximate surface area is 224 Å². The van der Waals surface area contributed by atoms with E-state index in [1.54, 1.807) is 18.2 Å². The lowest BCUT2D eigenvalue weighted by Crippen LogP contribution is -2.45. The SMILES string of the molecule is NC1CCCN(C(=O)c2cc3c4c(c2)OCCN4[C@H](c2cc4ccc(F)cc4n2Cc2ccc(F)cc2)N3)C1. The molecule has 7 rings (SSSR count). The van der Waals surface area contributed by atoms with Crippen LogP contribution < -0.4 is 20.7 Å². The van der Waals surface area contributed by atoms with E-state index in [1.807, 2.05) is 17.0 Å². The monoisotopic (exact) mass is 529 g/mol. The third-order valence-electron chi connectivity index (χ3n) is 7.98. The first kappa shape index (κ1) is 24.0. The molecule has 3 aliphatic heterocycles. The first-order valence-corrected chi connectivity index (χ1v) is 13.4. The van der Waals surface area contributed by atoms with Crippen LogP contribution in [-0.4, -0.2) is 47.7 Å². The van der Waals surface area contributed by atoms with Gasteiger partial charge in [0, 0.05) is 36.6 Å². The molecule has 1 saturated heterocycles. The maximum Gasteiger partial charge on any atom is 0.254 e. The number of piperidine rings is 1. The molecular formula is C30H29F2N5O2. The van der Waals surface area contributed by atoms with Crippen LogP contribution in [-0.2, 0) is 6.54 Å². The maximum absolute atomic E-state index is 14.4. The summed E-state index contributed by atoms with van der Waals surface area (Å²) in [6.07, 6.45) is 1.57. The highest BCUT2D eigenvalue weighted by molar-refractivity contribution is 5.99.